The van der Waals surface area contributed by atoms with Gasteiger partial charge in [-0.25, -0.2) is 0 Å². The van der Waals surface area contributed by atoms with E-state index in [0.717, 1.165) is 11.1 Å². The van der Waals surface area contributed by atoms with Crippen molar-refractivity contribution in [3.63, 3.8) is 0 Å². The number of methoxy groups -OCH3 is 3. The van der Waals surface area contributed by atoms with E-state index < -0.39 is 0 Å². The lowest BCUT2D eigenvalue weighted by molar-refractivity contribution is 0.348. The maximum atomic E-state index is 9.42. The Bertz CT molecular complexity index is 715. The van der Waals surface area contributed by atoms with Gasteiger partial charge in [-0.3, -0.25) is 0 Å². The average molecular weight is 295 g/mol. The molecule has 0 spiro atoms. The number of rotatable bonds is 5. The predicted octanol–water partition coefficient (Wildman–Crippen LogP) is 3.78. The maximum Gasteiger partial charge on any atom is 0.164 e. The third-order valence-electron chi connectivity index (χ3n) is 3.24. The van der Waals surface area contributed by atoms with E-state index >= 15 is 0 Å². The molecule has 0 aliphatic heterocycles. The Kier molecular flexibility index (Phi) is 5.05. The van der Waals surface area contributed by atoms with Gasteiger partial charge in [-0.15, -0.1) is 0 Å². The lowest BCUT2D eigenvalue weighted by Crippen LogP contribution is -1.95. The first-order valence-electron chi connectivity index (χ1n) is 6.70. The highest BCUT2D eigenvalue weighted by Crippen LogP contribution is 2.36. The molecule has 4 heteroatoms. The monoisotopic (exact) mass is 295 g/mol. The zero-order valence-electron chi connectivity index (χ0n) is 12.8. The van der Waals surface area contributed by atoms with Crippen LogP contribution in [0.3, 0.4) is 0 Å². The summed E-state index contributed by atoms with van der Waals surface area (Å²) in [6.45, 7) is 0. The fourth-order valence-corrected chi connectivity index (χ4v) is 2.12. The number of allylic oxidation sites excluding steroid dienone is 1. The lowest BCUT2D eigenvalue weighted by atomic mass is 10.0. The minimum Gasteiger partial charge on any atom is -0.496 e. The molecule has 2 aromatic rings. The van der Waals surface area contributed by atoms with Crippen LogP contribution in [0.4, 0.5) is 0 Å². The molecule has 0 heterocycles. The standard InChI is InChI=1S/C18H17NO3/c1-20-16-11-18(22-3)17(21-2)10-14(16)9-15(12-19)13-7-5-4-6-8-13/h4-11H,1-3H3/b15-9+. The first-order valence-corrected chi connectivity index (χ1v) is 6.70. The van der Waals surface area contributed by atoms with Gasteiger partial charge in [0.2, 0.25) is 0 Å². The van der Waals surface area contributed by atoms with Crippen LogP contribution in [0.25, 0.3) is 11.6 Å². The summed E-state index contributed by atoms with van der Waals surface area (Å²) in [5, 5.41) is 9.42. The molecule has 0 fully saturated rings. The van der Waals surface area contributed by atoms with Crippen molar-refractivity contribution in [1.82, 2.24) is 0 Å². The van der Waals surface area contributed by atoms with Crippen LogP contribution in [0.15, 0.2) is 42.5 Å². The molecule has 0 saturated heterocycles. The number of ether oxygens (including phenoxy) is 3. The lowest BCUT2D eigenvalue weighted by Gasteiger charge is -2.12. The third-order valence-corrected chi connectivity index (χ3v) is 3.24. The molecule has 0 bridgehead atoms. The Balaban J connectivity index is 2.56. The van der Waals surface area contributed by atoms with E-state index in [1.165, 1.54) is 0 Å². The minimum absolute atomic E-state index is 0.547. The highest BCUT2D eigenvalue weighted by Gasteiger charge is 2.11. The zero-order valence-corrected chi connectivity index (χ0v) is 12.8. The van der Waals surface area contributed by atoms with Gasteiger partial charge >= 0.3 is 0 Å². The number of nitrogens with zero attached hydrogens (tertiary/aromatic N) is 1. The summed E-state index contributed by atoms with van der Waals surface area (Å²) in [6, 6.07) is 15.2. The van der Waals surface area contributed by atoms with Crippen LogP contribution in [0.2, 0.25) is 0 Å². The van der Waals surface area contributed by atoms with Crippen molar-refractivity contribution in [1.29, 1.82) is 5.26 Å². The van der Waals surface area contributed by atoms with Crippen LogP contribution >= 0.6 is 0 Å². The van der Waals surface area contributed by atoms with Crippen LogP contribution in [-0.4, -0.2) is 21.3 Å². The summed E-state index contributed by atoms with van der Waals surface area (Å²) < 4.78 is 15.9. The molecular weight excluding hydrogens is 278 g/mol. The molecule has 0 amide bonds. The Morgan fingerprint density at radius 1 is 0.909 bits per heavy atom. The van der Waals surface area contributed by atoms with E-state index in [1.54, 1.807) is 39.5 Å². The quantitative estimate of drug-likeness (QED) is 0.622. The molecule has 0 aliphatic rings. The second-order valence-corrected chi connectivity index (χ2v) is 4.48. The topological polar surface area (TPSA) is 51.5 Å². The Hall–Kier alpha value is -2.93. The smallest absolute Gasteiger partial charge is 0.164 e. The van der Waals surface area contributed by atoms with E-state index in [9.17, 15) is 5.26 Å². The van der Waals surface area contributed by atoms with Gasteiger partial charge in [0.15, 0.2) is 11.5 Å². The van der Waals surface area contributed by atoms with Gasteiger partial charge in [0, 0.05) is 11.6 Å². The van der Waals surface area contributed by atoms with Crippen molar-refractivity contribution >= 4 is 11.6 Å². The normalized spacial score (nSPS) is 10.7. The zero-order chi connectivity index (χ0) is 15.9. The molecule has 0 aliphatic carbocycles. The Morgan fingerprint density at radius 2 is 1.50 bits per heavy atom. The number of benzene rings is 2. The van der Waals surface area contributed by atoms with Gasteiger partial charge in [0.05, 0.1) is 33.0 Å². The van der Waals surface area contributed by atoms with Crippen molar-refractivity contribution in [2.45, 2.75) is 0 Å². The number of nitriles is 1. The van der Waals surface area contributed by atoms with Crippen LogP contribution in [0, 0.1) is 11.3 Å². The highest BCUT2D eigenvalue weighted by molar-refractivity contribution is 5.91. The number of hydrogen-bond acceptors (Lipinski definition) is 4. The SMILES string of the molecule is COc1cc(OC)c(OC)cc1/C=C(\C#N)c1ccccc1. The first kappa shape index (κ1) is 15.5. The van der Waals surface area contributed by atoms with Gasteiger partial charge in [-0.2, -0.15) is 5.26 Å². The van der Waals surface area contributed by atoms with Gasteiger partial charge in [-0.1, -0.05) is 30.3 Å². The van der Waals surface area contributed by atoms with Crippen LogP contribution < -0.4 is 14.2 Å². The molecule has 0 atom stereocenters. The molecule has 0 N–H and O–H groups in total. The van der Waals surface area contributed by atoms with Crippen LogP contribution in [-0.2, 0) is 0 Å². The molecule has 0 saturated carbocycles. The molecule has 0 radical (unpaired) electrons. The summed E-state index contributed by atoms with van der Waals surface area (Å²) in [7, 11) is 4.71. The van der Waals surface area contributed by atoms with Gasteiger partial charge in [0.25, 0.3) is 0 Å². The van der Waals surface area contributed by atoms with Crippen molar-refractivity contribution in [2.75, 3.05) is 21.3 Å². The third kappa shape index (κ3) is 3.21. The summed E-state index contributed by atoms with van der Waals surface area (Å²) in [6.07, 6.45) is 1.77. The molecule has 4 nitrogen and oxygen atoms in total. The van der Waals surface area contributed by atoms with E-state index in [2.05, 4.69) is 6.07 Å². The molecule has 2 aromatic carbocycles. The molecular formula is C18H17NO3. The van der Waals surface area contributed by atoms with E-state index in [4.69, 9.17) is 14.2 Å². The first-order chi connectivity index (χ1) is 10.7. The maximum absolute atomic E-state index is 9.42. The predicted molar refractivity (Wildman–Crippen MR) is 86.0 cm³/mol. The molecule has 0 unspecified atom stereocenters. The summed E-state index contributed by atoms with van der Waals surface area (Å²) in [5.74, 6) is 1.77. The highest BCUT2D eigenvalue weighted by atomic mass is 16.5. The summed E-state index contributed by atoms with van der Waals surface area (Å²) in [4.78, 5) is 0. The summed E-state index contributed by atoms with van der Waals surface area (Å²) in [5.41, 5.74) is 2.15. The van der Waals surface area contributed by atoms with Crippen molar-refractivity contribution in [3.05, 3.63) is 53.6 Å². The molecule has 22 heavy (non-hydrogen) atoms. The van der Waals surface area contributed by atoms with E-state index in [0.29, 0.717) is 22.8 Å². The largest absolute Gasteiger partial charge is 0.496 e. The molecule has 0 aromatic heterocycles. The van der Waals surface area contributed by atoms with Crippen molar-refractivity contribution < 1.29 is 14.2 Å². The fourth-order valence-electron chi connectivity index (χ4n) is 2.12. The summed E-state index contributed by atoms with van der Waals surface area (Å²) >= 11 is 0. The minimum atomic E-state index is 0.547. The second-order valence-electron chi connectivity index (χ2n) is 4.48. The van der Waals surface area contributed by atoms with E-state index in [1.807, 2.05) is 30.3 Å². The van der Waals surface area contributed by atoms with Gasteiger partial charge < -0.3 is 14.2 Å². The average Bonchev–Trinajstić information content (AvgIpc) is 2.59. The Morgan fingerprint density at radius 3 is 2.05 bits per heavy atom. The van der Waals surface area contributed by atoms with Crippen LogP contribution in [0.5, 0.6) is 17.2 Å². The van der Waals surface area contributed by atoms with Crippen LogP contribution in [0.1, 0.15) is 11.1 Å². The molecule has 112 valence electrons. The van der Waals surface area contributed by atoms with Crippen molar-refractivity contribution in [3.8, 4) is 23.3 Å². The van der Waals surface area contributed by atoms with Gasteiger partial charge in [0.1, 0.15) is 5.75 Å². The number of hydrogen-bond donors (Lipinski definition) is 0. The fraction of sp³-hybridized carbons (Fsp3) is 0.167. The Labute approximate surface area is 130 Å². The van der Waals surface area contributed by atoms with Gasteiger partial charge in [-0.05, 0) is 17.7 Å². The molecule has 2 rings (SSSR count). The van der Waals surface area contributed by atoms with E-state index in [-0.39, 0.29) is 0 Å². The van der Waals surface area contributed by atoms with Crippen molar-refractivity contribution in [2.24, 2.45) is 0 Å². The second kappa shape index (κ2) is 7.19.